The van der Waals surface area contributed by atoms with E-state index in [0.717, 1.165) is 0 Å². The predicted molar refractivity (Wildman–Crippen MR) is 70.3 cm³/mol. The summed E-state index contributed by atoms with van der Waals surface area (Å²) >= 11 is 5.78. The number of aromatic amines is 1. The van der Waals surface area contributed by atoms with E-state index in [2.05, 4.69) is 15.3 Å². The minimum atomic E-state index is -0.256. The number of nitrogens with one attached hydrogen (secondary N) is 2. The van der Waals surface area contributed by atoms with Gasteiger partial charge in [-0.2, -0.15) is 0 Å². The zero-order valence-corrected chi connectivity index (χ0v) is 10.5. The SMILES string of the molecule is CC(NC(=O)c1ccc(Cl)cc1N)c1ncc[nH]1. The fraction of sp³-hybridized carbons (Fsp3) is 0.167. The van der Waals surface area contributed by atoms with E-state index in [4.69, 9.17) is 17.3 Å². The molecule has 0 saturated heterocycles. The first-order valence-corrected chi connectivity index (χ1v) is 5.81. The average molecular weight is 265 g/mol. The molecule has 0 bridgehead atoms. The molecule has 6 heteroatoms. The molecule has 0 aliphatic rings. The lowest BCUT2D eigenvalue weighted by Crippen LogP contribution is -2.28. The average Bonchev–Trinajstić information content (AvgIpc) is 2.81. The van der Waals surface area contributed by atoms with E-state index >= 15 is 0 Å². The highest BCUT2D eigenvalue weighted by Crippen LogP contribution is 2.18. The molecule has 1 amide bonds. The molecule has 1 unspecified atom stereocenters. The molecule has 94 valence electrons. The van der Waals surface area contributed by atoms with E-state index < -0.39 is 0 Å². The topological polar surface area (TPSA) is 83.8 Å². The molecule has 5 nitrogen and oxygen atoms in total. The van der Waals surface area contributed by atoms with Crippen LogP contribution in [0.2, 0.25) is 5.02 Å². The maximum absolute atomic E-state index is 12.0. The molecule has 0 fully saturated rings. The Bertz CT molecular complexity index is 553. The van der Waals surface area contributed by atoms with E-state index in [-0.39, 0.29) is 11.9 Å². The number of rotatable bonds is 3. The van der Waals surface area contributed by atoms with E-state index in [1.807, 2.05) is 6.92 Å². The fourth-order valence-electron chi connectivity index (χ4n) is 1.60. The summed E-state index contributed by atoms with van der Waals surface area (Å²) in [5.41, 5.74) is 6.50. The molecule has 1 heterocycles. The van der Waals surface area contributed by atoms with Gasteiger partial charge in [-0.05, 0) is 25.1 Å². The summed E-state index contributed by atoms with van der Waals surface area (Å²) in [6, 6.07) is 4.56. The quantitative estimate of drug-likeness (QED) is 0.743. The van der Waals surface area contributed by atoms with Crippen LogP contribution in [0.1, 0.15) is 29.1 Å². The number of imidazole rings is 1. The molecule has 18 heavy (non-hydrogen) atoms. The number of hydrogen-bond acceptors (Lipinski definition) is 3. The maximum Gasteiger partial charge on any atom is 0.253 e. The number of nitrogens with zero attached hydrogens (tertiary/aromatic N) is 1. The van der Waals surface area contributed by atoms with Crippen molar-refractivity contribution in [1.29, 1.82) is 0 Å². The lowest BCUT2D eigenvalue weighted by atomic mass is 10.1. The van der Waals surface area contributed by atoms with Gasteiger partial charge in [-0.15, -0.1) is 0 Å². The molecule has 1 aromatic heterocycles. The van der Waals surface area contributed by atoms with E-state index in [9.17, 15) is 4.79 Å². The molecule has 0 aliphatic heterocycles. The second kappa shape index (κ2) is 5.10. The van der Waals surface area contributed by atoms with Crippen LogP contribution in [0, 0.1) is 0 Å². The molecular weight excluding hydrogens is 252 g/mol. The van der Waals surface area contributed by atoms with Crippen LogP contribution in [0.3, 0.4) is 0 Å². The standard InChI is InChI=1S/C12H13ClN4O/c1-7(11-15-4-5-16-11)17-12(18)9-3-2-8(13)6-10(9)14/h2-7H,14H2,1H3,(H,15,16)(H,17,18). The van der Waals surface area contributed by atoms with Crippen molar-refractivity contribution in [3.05, 3.63) is 47.0 Å². The summed E-state index contributed by atoms with van der Waals surface area (Å²) in [7, 11) is 0. The number of nitrogens with two attached hydrogens (primary N) is 1. The van der Waals surface area contributed by atoms with Gasteiger partial charge in [-0.3, -0.25) is 4.79 Å². The predicted octanol–water partition coefficient (Wildman–Crippen LogP) is 2.14. The first-order valence-electron chi connectivity index (χ1n) is 5.43. The Morgan fingerprint density at radius 2 is 2.33 bits per heavy atom. The number of amides is 1. The summed E-state index contributed by atoms with van der Waals surface area (Å²) in [4.78, 5) is 19.0. The highest BCUT2D eigenvalue weighted by Gasteiger charge is 2.15. The van der Waals surface area contributed by atoms with Crippen molar-refractivity contribution in [2.24, 2.45) is 0 Å². The summed E-state index contributed by atoms with van der Waals surface area (Å²) in [6.07, 6.45) is 3.34. The van der Waals surface area contributed by atoms with Gasteiger partial charge in [0.1, 0.15) is 5.82 Å². The van der Waals surface area contributed by atoms with Gasteiger partial charge in [0.05, 0.1) is 11.6 Å². The second-order valence-corrected chi connectivity index (χ2v) is 4.34. The third-order valence-electron chi connectivity index (χ3n) is 2.54. The highest BCUT2D eigenvalue weighted by molar-refractivity contribution is 6.31. The largest absolute Gasteiger partial charge is 0.398 e. The first-order chi connectivity index (χ1) is 8.58. The summed E-state index contributed by atoms with van der Waals surface area (Å²) in [5.74, 6) is 0.434. The van der Waals surface area contributed by atoms with Gasteiger partial charge in [0.25, 0.3) is 5.91 Å². The molecule has 0 spiro atoms. The third-order valence-corrected chi connectivity index (χ3v) is 2.77. The molecular formula is C12H13ClN4O. The van der Waals surface area contributed by atoms with Gasteiger partial charge in [0.15, 0.2) is 0 Å². The Hall–Kier alpha value is -2.01. The lowest BCUT2D eigenvalue weighted by Gasteiger charge is -2.12. The highest BCUT2D eigenvalue weighted by atomic mass is 35.5. The Morgan fingerprint density at radius 1 is 1.56 bits per heavy atom. The Morgan fingerprint density at radius 3 is 2.94 bits per heavy atom. The molecule has 1 atom stereocenters. The van der Waals surface area contributed by atoms with Crippen molar-refractivity contribution < 1.29 is 4.79 Å². The number of aromatic nitrogens is 2. The molecule has 0 aliphatic carbocycles. The van der Waals surface area contributed by atoms with Gasteiger partial charge < -0.3 is 16.0 Å². The maximum atomic E-state index is 12.0. The van der Waals surface area contributed by atoms with Crippen LogP contribution < -0.4 is 11.1 Å². The summed E-state index contributed by atoms with van der Waals surface area (Å²) < 4.78 is 0. The van der Waals surface area contributed by atoms with Gasteiger partial charge in [-0.25, -0.2) is 4.98 Å². The van der Waals surface area contributed by atoms with E-state index in [0.29, 0.717) is 22.1 Å². The van der Waals surface area contributed by atoms with Crippen LogP contribution in [0.25, 0.3) is 0 Å². The number of H-pyrrole nitrogens is 1. The van der Waals surface area contributed by atoms with Crippen molar-refractivity contribution in [1.82, 2.24) is 15.3 Å². The lowest BCUT2D eigenvalue weighted by molar-refractivity contribution is 0.0939. The number of benzene rings is 1. The molecule has 0 saturated carbocycles. The van der Waals surface area contributed by atoms with Gasteiger partial charge in [0.2, 0.25) is 0 Å². The molecule has 2 aromatic rings. The monoisotopic (exact) mass is 264 g/mol. The van der Waals surface area contributed by atoms with Crippen LogP contribution in [0.5, 0.6) is 0 Å². The van der Waals surface area contributed by atoms with Crippen LogP contribution in [0.4, 0.5) is 5.69 Å². The van der Waals surface area contributed by atoms with Gasteiger partial charge >= 0.3 is 0 Å². The van der Waals surface area contributed by atoms with Gasteiger partial charge in [-0.1, -0.05) is 11.6 Å². The third kappa shape index (κ3) is 2.62. The number of anilines is 1. The Labute approximate surface area is 109 Å². The van der Waals surface area contributed by atoms with E-state index in [1.165, 1.54) is 0 Å². The van der Waals surface area contributed by atoms with Crippen LogP contribution in [-0.2, 0) is 0 Å². The van der Waals surface area contributed by atoms with Crippen LogP contribution in [-0.4, -0.2) is 15.9 Å². The zero-order chi connectivity index (χ0) is 13.1. The van der Waals surface area contributed by atoms with E-state index in [1.54, 1.807) is 30.6 Å². The van der Waals surface area contributed by atoms with Crippen molar-refractivity contribution in [3.63, 3.8) is 0 Å². The van der Waals surface area contributed by atoms with Crippen molar-refractivity contribution >= 4 is 23.2 Å². The first kappa shape index (κ1) is 12.4. The second-order valence-electron chi connectivity index (χ2n) is 3.90. The summed E-state index contributed by atoms with van der Waals surface area (Å²) in [5, 5.41) is 3.31. The number of carbonyl (C=O) groups is 1. The van der Waals surface area contributed by atoms with Crippen LogP contribution in [0.15, 0.2) is 30.6 Å². The number of halogens is 1. The van der Waals surface area contributed by atoms with Crippen molar-refractivity contribution in [2.75, 3.05) is 5.73 Å². The summed E-state index contributed by atoms with van der Waals surface area (Å²) in [6.45, 7) is 1.84. The molecule has 4 N–H and O–H groups in total. The van der Waals surface area contributed by atoms with Crippen molar-refractivity contribution in [3.8, 4) is 0 Å². The number of hydrogen-bond donors (Lipinski definition) is 3. The molecule has 0 radical (unpaired) electrons. The molecule has 2 rings (SSSR count). The number of carbonyl (C=O) groups excluding carboxylic acids is 1. The minimum absolute atomic E-state index is 0.220. The zero-order valence-electron chi connectivity index (χ0n) is 9.77. The fourth-order valence-corrected chi connectivity index (χ4v) is 1.78. The molecule has 1 aromatic carbocycles. The van der Waals surface area contributed by atoms with Crippen molar-refractivity contribution in [2.45, 2.75) is 13.0 Å². The normalized spacial score (nSPS) is 12.1. The number of nitrogen functional groups attached to an aromatic ring is 1. The smallest absolute Gasteiger partial charge is 0.253 e. The Kier molecular flexibility index (Phi) is 3.53. The minimum Gasteiger partial charge on any atom is -0.398 e. The van der Waals surface area contributed by atoms with Gasteiger partial charge in [0, 0.05) is 23.1 Å². The van der Waals surface area contributed by atoms with Crippen LogP contribution >= 0.6 is 11.6 Å². The Balaban J connectivity index is 2.12.